The molecule has 0 bridgehead atoms. The maximum Gasteiger partial charge on any atom is 0.293 e. The predicted molar refractivity (Wildman–Crippen MR) is 99.8 cm³/mol. The molecular weight excluding hydrogens is 448 g/mol. The number of alkyl halides is 1. The van der Waals surface area contributed by atoms with Crippen LogP contribution in [0.5, 0.6) is 0 Å². The van der Waals surface area contributed by atoms with Gasteiger partial charge in [0.05, 0.1) is 33.3 Å². The monoisotopic (exact) mass is 457 g/mol. The number of nitrogens with zero attached hydrogens (tertiary/aromatic N) is 2. The average Bonchev–Trinajstić information content (AvgIpc) is 3.11. The first kappa shape index (κ1) is 18.8. The molecule has 0 saturated carbocycles. The molecule has 3 rings (SSSR count). The summed E-state index contributed by atoms with van der Waals surface area (Å²) in [4.78, 5) is 22.0. The molecule has 2 unspecified atom stereocenters. The highest BCUT2D eigenvalue weighted by Crippen LogP contribution is 2.41. The van der Waals surface area contributed by atoms with Gasteiger partial charge in [-0.3, -0.25) is 9.78 Å². The Morgan fingerprint density at radius 2 is 2.04 bits per heavy atom. The van der Waals surface area contributed by atoms with Crippen LogP contribution >= 0.6 is 39.1 Å². The number of H-pyrrole nitrogens is 1. The first-order valence-electron chi connectivity index (χ1n) is 7.34. The lowest BCUT2D eigenvalue weighted by molar-refractivity contribution is -0.134. The van der Waals surface area contributed by atoms with Gasteiger partial charge in [0.25, 0.3) is 6.47 Å². The minimum Gasteiger partial charge on any atom is -0.456 e. The second kappa shape index (κ2) is 8.16. The summed E-state index contributed by atoms with van der Waals surface area (Å²) in [5, 5.41) is 0.448. The number of imidazole rings is 1. The molecule has 5 nitrogen and oxygen atoms in total. The third-order valence-corrected chi connectivity index (χ3v) is 5.10. The van der Waals surface area contributed by atoms with E-state index in [2.05, 4.69) is 30.9 Å². The molecule has 0 amide bonds. The van der Waals surface area contributed by atoms with Crippen LogP contribution in [0.3, 0.4) is 0 Å². The molecule has 0 aliphatic heterocycles. The van der Waals surface area contributed by atoms with Crippen molar-refractivity contribution in [2.45, 2.75) is 10.9 Å². The molecule has 26 heavy (non-hydrogen) atoms. The van der Waals surface area contributed by atoms with Crippen molar-refractivity contribution in [3.63, 3.8) is 0 Å². The third-order valence-electron chi connectivity index (χ3n) is 3.64. The minimum atomic E-state index is -0.763. The van der Waals surface area contributed by atoms with Crippen molar-refractivity contribution < 1.29 is 13.9 Å². The van der Waals surface area contributed by atoms with E-state index in [4.69, 9.17) is 27.9 Å². The number of benzene rings is 1. The molecule has 9 heteroatoms. The van der Waals surface area contributed by atoms with E-state index in [1.54, 1.807) is 18.2 Å². The van der Waals surface area contributed by atoms with Gasteiger partial charge in [-0.1, -0.05) is 39.1 Å². The maximum atomic E-state index is 13.4. The van der Waals surface area contributed by atoms with Gasteiger partial charge in [-0.15, -0.1) is 0 Å². The summed E-state index contributed by atoms with van der Waals surface area (Å²) in [7, 11) is 0. The van der Waals surface area contributed by atoms with Gasteiger partial charge < -0.3 is 9.72 Å². The lowest BCUT2D eigenvalue weighted by Crippen LogP contribution is -2.12. The number of carbonyl (C=O) groups excluding carboxylic acids is 1. The van der Waals surface area contributed by atoms with Gasteiger partial charge in [-0.25, -0.2) is 9.37 Å². The van der Waals surface area contributed by atoms with Gasteiger partial charge in [0, 0.05) is 16.8 Å². The lowest BCUT2D eigenvalue weighted by Gasteiger charge is -2.20. The number of carbonyl (C=O) groups is 1. The van der Waals surface area contributed by atoms with E-state index < -0.39 is 16.7 Å². The average molecular weight is 459 g/mol. The summed E-state index contributed by atoms with van der Waals surface area (Å²) < 4.78 is 18.7. The van der Waals surface area contributed by atoms with Gasteiger partial charge in [-0.05, 0) is 30.3 Å². The molecule has 134 valence electrons. The fourth-order valence-corrected chi connectivity index (χ4v) is 3.56. The van der Waals surface area contributed by atoms with E-state index in [1.807, 2.05) is 0 Å². The third kappa shape index (κ3) is 3.90. The quantitative estimate of drug-likeness (QED) is 0.403. The number of aromatic amines is 1. The van der Waals surface area contributed by atoms with Gasteiger partial charge in [0.2, 0.25) is 0 Å². The summed E-state index contributed by atoms with van der Waals surface area (Å²) in [5.41, 5.74) is 2.22. The molecule has 2 heterocycles. The normalized spacial score (nSPS) is 13.2. The molecule has 1 N–H and O–H groups in total. The highest BCUT2D eigenvalue weighted by atomic mass is 79.9. The SMILES string of the molecule is O=COC(c1cc(Cl)ccn1)C(Br)c1[nH]cnc1-c1ccc(F)c(Cl)c1. The van der Waals surface area contributed by atoms with Gasteiger partial charge in [0.1, 0.15) is 5.82 Å². The van der Waals surface area contributed by atoms with Crippen molar-refractivity contribution in [1.29, 1.82) is 0 Å². The number of aromatic nitrogens is 3. The van der Waals surface area contributed by atoms with Crippen molar-refractivity contribution in [2.75, 3.05) is 0 Å². The number of pyridine rings is 1. The van der Waals surface area contributed by atoms with Crippen LogP contribution < -0.4 is 0 Å². The zero-order valence-electron chi connectivity index (χ0n) is 13.0. The van der Waals surface area contributed by atoms with E-state index >= 15 is 0 Å². The van der Waals surface area contributed by atoms with Crippen molar-refractivity contribution in [1.82, 2.24) is 15.0 Å². The Kier molecular flexibility index (Phi) is 5.90. The highest BCUT2D eigenvalue weighted by Gasteiger charge is 2.29. The molecule has 3 aromatic rings. The van der Waals surface area contributed by atoms with Gasteiger partial charge in [0.15, 0.2) is 6.10 Å². The summed E-state index contributed by atoms with van der Waals surface area (Å²) in [6.45, 7) is 0.340. The van der Waals surface area contributed by atoms with Crippen LogP contribution in [-0.4, -0.2) is 21.4 Å². The Morgan fingerprint density at radius 3 is 2.73 bits per heavy atom. The smallest absolute Gasteiger partial charge is 0.293 e. The van der Waals surface area contributed by atoms with Crippen LogP contribution in [0, 0.1) is 5.82 Å². The van der Waals surface area contributed by atoms with Crippen molar-refractivity contribution in [2.24, 2.45) is 0 Å². The largest absolute Gasteiger partial charge is 0.456 e. The zero-order valence-corrected chi connectivity index (χ0v) is 16.1. The molecule has 2 aromatic heterocycles. The van der Waals surface area contributed by atoms with E-state index in [9.17, 15) is 9.18 Å². The minimum absolute atomic E-state index is 0.0141. The van der Waals surface area contributed by atoms with E-state index in [0.29, 0.717) is 34.1 Å². The second-order valence-electron chi connectivity index (χ2n) is 5.25. The van der Waals surface area contributed by atoms with Crippen molar-refractivity contribution >= 4 is 45.6 Å². The van der Waals surface area contributed by atoms with Crippen molar-refractivity contribution in [3.8, 4) is 11.3 Å². The molecule has 0 fully saturated rings. The molecule has 0 aliphatic rings. The molecule has 0 aliphatic carbocycles. The van der Waals surface area contributed by atoms with Crippen LogP contribution in [0.2, 0.25) is 10.0 Å². The maximum absolute atomic E-state index is 13.4. The summed E-state index contributed by atoms with van der Waals surface area (Å²) >= 11 is 15.4. The van der Waals surface area contributed by atoms with Crippen LogP contribution in [0.4, 0.5) is 4.39 Å². The number of rotatable bonds is 6. The number of hydrogen-bond donors (Lipinski definition) is 1. The van der Waals surface area contributed by atoms with Crippen LogP contribution in [0.25, 0.3) is 11.3 Å². The van der Waals surface area contributed by atoms with E-state index in [1.165, 1.54) is 24.7 Å². The fraction of sp³-hybridized carbons (Fsp3) is 0.118. The Hall–Kier alpha value is -1.96. The Balaban J connectivity index is 2.01. The van der Waals surface area contributed by atoms with Crippen LogP contribution in [-0.2, 0) is 9.53 Å². The molecule has 0 spiro atoms. The first-order valence-corrected chi connectivity index (χ1v) is 9.01. The molecular formula is C17H11BrCl2FN3O2. The van der Waals surface area contributed by atoms with Gasteiger partial charge in [-0.2, -0.15) is 0 Å². The first-order chi connectivity index (χ1) is 12.5. The Bertz CT molecular complexity index is 938. The van der Waals surface area contributed by atoms with Crippen LogP contribution in [0.15, 0.2) is 42.9 Å². The Labute approximate surface area is 166 Å². The van der Waals surface area contributed by atoms with Crippen molar-refractivity contribution in [3.05, 3.63) is 70.1 Å². The second-order valence-corrected chi connectivity index (χ2v) is 7.08. The van der Waals surface area contributed by atoms with E-state index in [-0.39, 0.29) is 5.02 Å². The summed E-state index contributed by atoms with van der Waals surface area (Å²) in [5.74, 6) is -0.520. The topological polar surface area (TPSA) is 67.9 Å². The Morgan fingerprint density at radius 1 is 1.23 bits per heavy atom. The fourth-order valence-electron chi connectivity index (χ4n) is 2.46. The molecule has 1 aromatic carbocycles. The number of ether oxygens (including phenoxy) is 1. The van der Waals surface area contributed by atoms with Gasteiger partial charge >= 0.3 is 0 Å². The van der Waals surface area contributed by atoms with Crippen LogP contribution in [0.1, 0.15) is 22.3 Å². The highest BCUT2D eigenvalue weighted by molar-refractivity contribution is 9.09. The number of halogens is 4. The standard InChI is InChI=1S/C17H11BrCl2FN3O2/c18-14(17(26-8-25)13-6-10(19)3-4-22-13)16-15(23-7-24-16)9-1-2-12(21)11(20)5-9/h1-8,14,17H,(H,23,24). The lowest BCUT2D eigenvalue weighted by atomic mass is 10.0. The number of nitrogens with one attached hydrogen (secondary N) is 1. The predicted octanol–water partition coefficient (Wildman–Crippen LogP) is 5.27. The van der Waals surface area contributed by atoms with E-state index in [0.717, 1.165) is 0 Å². The number of hydrogen-bond acceptors (Lipinski definition) is 4. The molecule has 0 saturated heterocycles. The molecule has 0 radical (unpaired) electrons. The molecule has 2 atom stereocenters. The summed E-state index contributed by atoms with van der Waals surface area (Å²) in [6, 6.07) is 7.53. The zero-order chi connectivity index (χ0) is 18.7. The summed E-state index contributed by atoms with van der Waals surface area (Å²) in [6.07, 6.45) is 2.24.